The van der Waals surface area contributed by atoms with E-state index in [9.17, 15) is 13.6 Å². The maximum absolute atomic E-state index is 13.7. The molecule has 0 aliphatic rings. The number of carbonyl (C=O) groups excluding carboxylic acids is 1. The maximum atomic E-state index is 13.7. The lowest BCUT2D eigenvalue weighted by Gasteiger charge is -2.05. The van der Waals surface area contributed by atoms with Crippen molar-refractivity contribution in [2.75, 3.05) is 0 Å². The Morgan fingerprint density at radius 3 is 2.74 bits per heavy atom. The summed E-state index contributed by atoms with van der Waals surface area (Å²) in [6, 6.07) is 9.09. The van der Waals surface area contributed by atoms with Gasteiger partial charge in [0.2, 0.25) is 0 Å². The second-order valence-corrected chi connectivity index (χ2v) is 7.21. The first kappa shape index (κ1) is 17.6. The average Bonchev–Trinajstić information content (AvgIpc) is 3.24. The molecule has 0 unspecified atom stereocenters. The second kappa shape index (κ2) is 7.05. The zero-order valence-electron chi connectivity index (χ0n) is 13.6. The third-order valence-corrected chi connectivity index (χ3v) is 5.20. The SMILES string of the molecule is O=C(NCc1c(F)cccc1F)c1nc(-c2cnn3ccccc23)c(Cl)s1. The Morgan fingerprint density at radius 2 is 1.96 bits per heavy atom. The largest absolute Gasteiger partial charge is 0.346 e. The number of thiazole rings is 1. The van der Waals surface area contributed by atoms with Gasteiger partial charge in [-0.05, 0) is 24.3 Å². The highest BCUT2D eigenvalue weighted by Crippen LogP contribution is 2.34. The van der Waals surface area contributed by atoms with Gasteiger partial charge in [-0.25, -0.2) is 18.3 Å². The fraction of sp³-hybridized carbons (Fsp3) is 0.0556. The number of benzene rings is 1. The molecule has 1 aromatic carbocycles. The number of amides is 1. The van der Waals surface area contributed by atoms with Crippen LogP contribution in [0.1, 0.15) is 15.4 Å². The third kappa shape index (κ3) is 3.29. The average molecular weight is 405 g/mol. The lowest BCUT2D eigenvalue weighted by atomic mass is 10.2. The van der Waals surface area contributed by atoms with E-state index >= 15 is 0 Å². The van der Waals surface area contributed by atoms with Crippen molar-refractivity contribution in [3.8, 4) is 11.3 Å². The highest BCUT2D eigenvalue weighted by Gasteiger charge is 2.20. The van der Waals surface area contributed by atoms with Crippen LogP contribution in [-0.4, -0.2) is 20.5 Å². The van der Waals surface area contributed by atoms with Crippen LogP contribution in [-0.2, 0) is 6.54 Å². The third-order valence-electron chi connectivity index (χ3n) is 3.95. The Kier molecular flexibility index (Phi) is 4.59. The quantitative estimate of drug-likeness (QED) is 0.551. The van der Waals surface area contributed by atoms with Crippen molar-refractivity contribution >= 4 is 34.4 Å². The van der Waals surface area contributed by atoms with Crippen LogP contribution in [0.2, 0.25) is 4.34 Å². The van der Waals surface area contributed by atoms with Gasteiger partial charge in [0.1, 0.15) is 21.7 Å². The molecule has 9 heteroatoms. The lowest BCUT2D eigenvalue weighted by molar-refractivity contribution is 0.0950. The van der Waals surface area contributed by atoms with Crippen molar-refractivity contribution in [1.29, 1.82) is 0 Å². The molecule has 4 rings (SSSR count). The molecule has 0 spiro atoms. The molecular weight excluding hydrogens is 394 g/mol. The van der Waals surface area contributed by atoms with E-state index in [4.69, 9.17) is 11.6 Å². The van der Waals surface area contributed by atoms with E-state index < -0.39 is 17.5 Å². The van der Waals surface area contributed by atoms with Gasteiger partial charge >= 0.3 is 0 Å². The number of hydrogen-bond acceptors (Lipinski definition) is 4. The number of carbonyl (C=O) groups is 1. The maximum Gasteiger partial charge on any atom is 0.280 e. The van der Waals surface area contributed by atoms with E-state index in [1.54, 1.807) is 16.9 Å². The molecule has 0 fully saturated rings. The number of nitrogens with zero attached hydrogens (tertiary/aromatic N) is 3. The van der Waals surface area contributed by atoms with Crippen molar-refractivity contribution in [3.05, 3.63) is 75.3 Å². The van der Waals surface area contributed by atoms with Gasteiger partial charge in [0.05, 0.1) is 11.7 Å². The summed E-state index contributed by atoms with van der Waals surface area (Å²) in [7, 11) is 0. The molecule has 0 radical (unpaired) electrons. The first-order valence-corrected chi connectivity index (χ1v) is 9.04. The van der Waals surface area contributed by atoms with Gasteiger partial charge < -0.3 is 5.32 Å². The molecule has 0 saturated carbocycles. The molecule has 0 aliphatic carbocycles. The molecule has 0 saturated heterocycles. The predicted molar refractivity (Wildman–Crippen MR) is 98.8 cm³/mol. The molecule has 27 heavy (non-hydrogen) atoms. The summed E-state index contributed by atoms with van der Waals surface area (Å²) in [5.74, 6) is -2.01. The van der Waals surface area contributed by atoms with E-state index in [1.807, 2.05) is 18.2 Å². The molecule has 3 heterocycles. The highest BCUT2D eigenvalue weighted by atomic mass is 35.5. The molecular formula is C18H11ClF2N4OS. The van der Waals surface area contributed by atoms with Gasteiger partial charge in [-0.3, -0.25) is 4.79 Å². The molecule has 4 aromatic rings. The number of pyridine rings is 1. The Hall–Kier alpha value is -2.84. The van der Waals surface area contributed by atoms with Gasteiger partial charge in [0.25, 0.3) is 5.91 Å². The van der Waals surface area contributed by atoms with Crippen molar-refractivity contribution in [1.82, 2.24) is 19.9 Å². The monoisotopic (exact) mass is 404 g/mol. The number of hydrogen-bond donors (Lipinski definition) is 1. The summed E-state index contributed by atoms with van der Waals surface area (Å²) in [4.78, 5) is 16.6. The molecule has 1 amide bonds. The Balaban J connectivity index is 1.59. The van der Waals surface area contributed by atoms with Gasteiger partial charge in [-0.1, -0.05) is 35.1 Å². The minimum absolute atomic E-state index is 0.0991. The van der Waals surface area contributed by atoms with E-state index in [1.165, 1.54) is 6.07 Å². The fourth-order valence-electron chi connectivity index (χ4n) is 2.63. The van der Waals surface area contributed by atoms with Crippen molar-refractivity contribution in [2.45, 2.75) is 6.54 Å². The molecule has 3 aromatic heterocycles. The summed E-state index contributed by atoms with van der Waals surface area (Å²) < 4.78 is 29.3. The Bertz CT molecular complexity index is 1140. The molecule has 5 nitrogen and oxygen atoms in total. The molecule has 0 atom stereocenters. The number of nitrogens with one attached hydrogen (secondary N) is 1. The number of aromatic nitrogens is 3. The van der Waals surface area contributed by atoms with Crippen LogP contribution in [0.25, 0.3) is 16.8 Å². The smallest absolute Gasteiger partial charge is 0.280 e. The van der Waals surface area contributed by atoms with E-state index in [0.29, 0.717) is 15.6 Å². The van der Waals surface area contributed by atoms with Gasteiger partial charge in [-0.2, -0.15) is 5.10 Å². The van der Waals surface area contributed by atoms with E-state index in [2.05, 4.69) is 15.4 Å². The highest BCUT2D eigenvalue weighted by molar-refractivity contribution is 7.18. The summed E-state index contributed by atoms with van der Waals surface area (Å²) in [6.07, 6.45) is 3.41. The minimum Gasteiger partial charge on any atom is -0.346 e. The topological polar surface area (TPSA) is 59.3 Å². The van der Waals surface area contributed by atoms with Crippen LogP contribution in [0.3, 0.4) is 0 Å². The molecule has 0 aliphatic heterocycles. The summed E-state index contributed by atoms with van der Waals surface area (Å²) in [5, 5.41) is 6.79. The summed E-state index contributed by atoms with van der Waals surface area (Å²) in [6.45, 7) is -0.291. The van der Waals surface area contributed by atoms with E-state index in [0.717, 1.165) is 29.0 Å². The van der Waals surface area contributed by atoms with Gasteiger partial charge in [-0.15, -0.1) is 0 Å². The van der Waals surface area contributed by atoms with Crippen LogP contribution in [0.5, 0.6) is 0 Å². The zero-order chi connectivity index (χ0) is 19.0. The number of halogens is 3. The zero-order valence-corrected chi connectivity index (χ0v) is 15.2. The molecule has 0 bridgehead atoms. The molecule has 136 valence electrons. The van der Waals surface area contributed by atoms with Crippen LogP contribution < -0.4 is 5.32 Å². The minimum atomic E-state index is -0.723. The standard InChI is InChI=1S/C18H11ClF2N4OS/c19-16-15(11-9-23-25-7-2-1-6-14(11)25)24-18(27-16)17(26)22-8-10-12(20)4-3-5-13(10)21/h1-7,9H,8H2,(H,22,26). The predicted octanol–water partition coefficient (Wildman–Crippen LogP) is 4.32. The van der Waals surface area contributed by atoms with Crippen LogP contribution >= 0.6 is 22.9 Å². The van der Waals surface area contributed by atoms with Crippen molar-refractivity contribution < 1.29 is 13.6 Å². The first-order chi connectivity index (χ1) is 13.0. The van der Waals surface area contributed by atoms with Crippen LogP contribution in [0, 0.1) is 11.6 Å². The lowest BCUT2D eigenvalue weighted by Crippen LogP contribution is -2.23. The Morgan fingerprint density at radius 1 is 1.19 bits per heavy atom. The number of rotatable bonds is 4. The van der Waals surface area contributed by atoms with Crippen LogP contribution in [0.4, 0.5) is 8.78 Å². The van der Waals surface area contributed by atoms with Gasteiger partial charge in [0.15, 0.2) is 5.01 Å². The van der Waals surface area contributed by atoms with Crippen molar-refractivity contribution in [3.63, 3.8) is 0 Å². The number of fused-ring (bicyclic) bond motifs is 1. The van der Waals surface area contributed by atoms with Gasteiger partial charge in [0, 0.05) is 23.9 Å². The Labute approximate surface area is 161 Å². The van der Waals surface area contributed by atoms with Crippen molar-refractivity contribution in [2.24, 2.45) is 0 Å². The first-order valence-electron chi connectivity index (χ1n) is 7.85. The summed E-state index contributed by atoms with van der Waals surface area (Å²) in [5.41, 5.74) is 1.71. The normalized spacial score (nSPS) is 11.1. The van der Waals surface area contributed by atoms with Crippen LogP contribution in [0.15, 0.2) is 48.8 Å². The second-order valence-electron chi connectivity index (χ2n) is 5.61. The molecule has 1 N–H and O–H groups in total. The summed E-state index contributed by atoms with van der Waals surface area (Å²) >= 11 is 7.26. The van der Waals surface area contributed by atoms with E-state index in [-0.39, 0.29) is 17.1 Å². The fourth-order valence-corrected chi connectivity index (χ4v) is 3.71.